The second kappa shape index (κ2) is 11.1. The molecule has 0 atom stereocenters. The summed E-state index contributed by atoms with van der Waals surface area (Å²) in [6, 6.07) is 12.5. The molecule has 1 amide bonds. The topological polar surface area (TPSA) is 71.3 Å². The molecule has 0 saturated carbocycles. The predicted molar refractivity (Wildman–Crippen MR) is 116 cm³/mol. The minimum Gasteiger partial charge on any atom is -0.490 e. The molecule has 0 unspecified atom stereocenters. The smallest absolute Gasteiger partial charge is 0.266 e. The van der Waals surface area contributed by atoms with E-state index in [0.29, 0.717) is 41.0 Å². The molecule has 5 nitrogen and oxygen atoms in total. The van der Waals surface area contributed by atoms with Crippen molar-refractivity contribution < 1.29 is 14.3 Å². The van der Waals surface area contributed by atoms with Crippen LogP contribution in [0.4, 0.5) is 5.69 Å². The molecule has 0 aliphatic rings. The highest BCUT2D eigenvalue weighted by Crippen LogP contribution is 2.30. The van der Waals surface area contributed by atoms with Crippen LogP contribution in [0.25, 0.3) is 6.08 Å². The van der Waals surface area contributed by atoms with Gasteiger partial charge in [-0.3, -0.25) is 4.79 Å². The molecule has 1 N–H and O–H groups in total. The van der Waals surface area contributed by atoms with Gasteiger partial charge in [-0.05, 0) is 61.7 Å². The molecule has 0 spiro atoms. The van der Waals surface area contributed by atoms with Crippen LogP contribution in [0.15, 0.2) is 42.0 Å². The largest absolute Gasteiger partial charge is 0.490 e. The molecule has 0 radical (unpaired) electrons. The number of nitrogens with zero attached hydrogens (tertiary/aromatic N) is 1. The molecule has 2 aromatic rings. The lowest BCUT2D eigenvalue weighted by atomic mass is 10.1. The van der Waals surface area contributed by atoms with Gasteiger partial charge in [0.05, 0.1) is 13.2 Å². The summed E-state index contributed by atoms with van der Waals surface area (Å²) in [5.41, 5.74) is 1.96. The Hall–Kier alpha value is -2.97. The van der Waals surface area contributed by atoms with E-state index < -0.39 is 5.91 Å². The van der Waals surface area contributed by atoms with E-state index >= 15 is 0 Å². The van der Waals surface area contributed by atoms with Crippen molar-refractivity contribution in [3.05, 3.63) is 58.1 Å². The lowest BCUT2D eigenvalue weighted by Crippen LogP contribution is -2.14. The Balaban J connectivity index is 2.24. The highest BCUT2D eigenvalue weighted by atomic mass is 35.5. The summed E-state index contributed by atoms with van der Waals surface area (Å²) in [6.45, 7) is 6.88. The maximum Gasteiger partial charge on any atom is 0.266 e. The minimum absolute atomic E-state index is 0.0218. The van der Waals surface area contributed by atoms with Gasteiger partial charge < -0.3 is 14.8 Å². The van der Waals surface area contributed by atoms with E-state index in [0.717, 1.165) is 18.4 Å². The Morgan fingerprint density at radius 1 is 1.21 bits per heavy atom. The summed E-state index contributed by atoms with van der Waals surface area (Å²) < 4.78 is 11.4. The molecule has 29 heavy (non-hydrogen) atoms. The van der Waals surface area contributed by atoms with Crippen LogP contribution in [-0.2, 0) is 4.79 Å². The highest BCUT2D eigenvalue weighted by molar-refractivity contribution is 6.31. The summed E-state index contributed by atoms with van der Waals surface area (Å²) in [6.07, 6.45) is 3.51. The zero-order valence-corrected chi connectivity index (χ0v) is 17.7. The summed E-state index contributed by atoms with van der Waals surface area (Å²) in [5.74, 6) is 0.731. The number of nitriles is 1. The molecule has 0 fully saturated rings. The van der Waals surface area contributed by atoms with E-state index in [4.69, 9.17) is 21.1 Å². The van der Waals surface area contributed by atoms with Crippen LogP contribution in [-0.4, -0.2) is 19.1 Å². The molecule has 0 bridgehead atoms. The van der Waals surface area contributed by atoms with E-state index in [9.17, 15) is 10.1 Å². The Kier molecular flexibility index (Phi) is 8.57. The monoisotopic (exact) mass is 412 g/mol. The number of nitrogens with one attached hydrogen (secondary N) is 1. The van der Waals surface area contributed by atoms with Gasteiger partial charge >= 0.3 is 0 Å². The third kappa shape index (κ3) is 6.27. The molecule has 2 rings (SSSR count). The molecule has 0 aromatic heterocycles. The molecule has 6 heteroatoms. The summed E-state index contributed by atoms with van der Waals surface area (Å²) in [5, 5.41) is 12.8. The Bertz CT molecular complexity index is 932. The van der Waals surface area contributed by atoms with E-state index in [-0.39, 0.29) is 5.57 Å². The lowest BCUT2D eigenvalue weighted by Gasteiger charge is -2.12. The molecule has 0 aliphatic carbocycles. The van der Waals surface area contributed by atoms with E-state index in [1.165, 1.54) is 6.08 Å². The molecular formula is C23H25ClN2O3. The van der Waals surface area contributed by atoms with Crippen molar-refractivity contribution in [1.29, 1.82) is 5.26 Å². The van der Waals surface area contributed by atoms with Gasteiger partial charge in [-0.1, -0.05) is 37.1 Å². The molecule has 0 saturated heterocycles. The number of carbonyl (C=O) groups excluding carboxylic acids is 1. The number of unbranched alkanes of at least 4 members (excludes halogenated alkanes) is 1. The van der Waals surface area contributed by atoms with Crippen molar-refractivity contribution in [2.45, 2.75) is 33.6 Å². The number of rotatable bonds is 9. The Morgan fingerprint density at radius 3 is 2.69 bits per heavy atom. The van der Waals surface area contributed by atoms with Crippen LogP contribution in [0.5, 0.6) is 11.5 Å². The number of hydrogen-bond acceptors (Lipinski definition) is 4. The van der Waals surface area contributed by atoms with Crippen molar-refractivity contribution in [2.75, 3.05) is 18.5 Å². The fraction of sp³-hybridized carbons (Fsp3) is 0.304. The minimum atomic E-state index is -0.501. The summed E-state index contributed by atoms with van der Waals surface area (Å²) in [7, 11) is 0. The number of ether oxygens (including phenoxy) is 2. The van der Waals surface area contributed by atoms with E-state index in [2.05, 4.69) is 12.2 Å². The zero-order chi connectivity index (χ0) is 21.2. The van der Waals surface area contributed by atoms with Gasteiger partial charge in [-0.25, -0.2) is 0 Å². The van der Waals surface area contributed by atoms with Crippen molar-refractivity contribution >= 4 is 29.3 Å². The van der Waals surface area contributed by atoms with E-state index in [1.807, 2.05) is 13.0 Å². The lowest BCUT2D eigenvalue weighted by molar-refractivity contribution is -0.112. The molecule has 2 aromatic carbocycles. The fourth-order valence-electron chi connectivity index (χ4n) is 2.58. The standard InChI is InChI=1S/C23H25ClN2O3/c1-4-6-12-29-21-11-10-17(14-22(21)28-5-2)13-18(15-25)23(27)26-20-9-7-8-19(24)16(20)3/h7-11,13-14H,4-6,12H2,1-3H3,(H,26,27)/b18-13+. The normalized spacial score (nSPS) is 10.9. The maximum atomic E-state index is 12.6. The molecular weight excluding hydrogens is 388 g/mol. The Labute approximate surface area is 176 Å². The first-order chi connectivity index (χ1) is 14.0. The van der Waals surface area contributed by atoms with Gasteiger partial charge in [-0.15, -0.1) is 0 Å². The quantitative estimate of drug-likeness (QED) is 0.322. The van der Waals surface area contributed by atoms with Crippen molar-refractivity contribution in [3.8, 4) is 17.6 Å². The SMILES string of the molecule is CCCCOc1ccc(/C=C(\C#N)C(=O)Nc2cccc(Cl)c2C)cc1OCC. The van der Waals surface area contributed by atoms with Crippen LogP contribution in [0.2, 0.25) is 5.02 Å². The third-order valence-corrected chi connectivity index (χ3v) is 4.62. The second-order valence-electron chi connectivity index (χ2n) is 6.38. The molecule has 152 valence electrons. The van der Waals surface area contributed by atoms with Crippen LogP contribution < -0.4 is 14.8 Å². The number of carbonyl (C=O) groups is 1. The number of hydrogen-bond donors (Lipinski definition) is 1. The van der Waals surface area contributed by atoms with Gasteiger partial charge in [-0.2, -0.15) is 5.26 Å². The Morgan fingerprint density at radius 2 is 2.00 bits per heavy atom. The fourth-order valence-corrected chi connectivity index (χ4v) is 2.75. The van der Waals surface area contributed by atoms with Gasteiger partial charge in [0.25, 0.3) is 5.91 Å². The summed E-state index contributed by atoms with van der Waals surface area (Å²) >= 11 is 6.09. The number of amides is 1. The number of benzene rings is 2. The van der Waals surface area contributed by atoms with Crippen LogP contribution >= 0.6 is 11.6 Å². The van der Waals surface area contributed by atoms with Crippen LogP contribution in [0, 0.1) is 18.3 Å². The van der Waals surface area contributed by atoms with Crippen LogP contribution in [0.1, 0.15) is 37.8 Å². The average Bonchev–Trinajstić information content (AvgIpc) is 2.71. The van der Waals surface area contributed by atoms with Gasteiger partial charge in [0.1, 0.15) is 11.6 Å². The van der Waals surface area contributed by atoms with Gasteiger partial charge in [0.2, 0.25) is 0 Å². The highest BCUT2D eigenvalue weighted by Gasteiger charge is 2.13. The van der Waals surface area contributed by atoms with Crippen LogP contribution in [0.3, 0.4) is 0 Å². The zero-order valence-electron chi connectivity index (χ0n) is 16.9. The second-order valence-corrected chi connectivity index (χ2v) is 6.78. The van der Waals surface area contributed by atoms with Gasteiger partial charge in [0.15, 0.2) is 11.5 Å². The van der Waals surface area contributed by atoms with Crippen molar-refractivity contribution in [3.63, 3.8) is 0 Å². The first kappa shape index (κ1) is 22.3. The average molecular weight is 413 g/mol. The van der Waals surface area contributed by atoms with E-state index in [1.54, 1.807) is 43.3 Å². The maximum absolute atomic E-state index is 12.6. The predicted octanol–water partition coefficient (Wildman–Crippen LogP) is 5.77. The number of anilines is 1. The van der Waals surface area contributed by atoms with Gasteiger partial charge in [0, 0.05) is 10.7 Å². The van der Waals surface area contributed by atoms with Crippen molar-refractivity contribution in [1.82, 2.24) is 0 Å². The number of halogens is 1. The third-order valence-electron chi connectivity index (χ3n) is 4.22. The molecule has 0 aliphatic heterocycles. The summed E-state index contributed by atoms with van der Waals surface area (Å²) in [4.78, 5) is 12.6. The first-order valence-corrected chi connectivity index (χ1v) is 9.95. The van der Waals surface area contributed by atoms with Crippen molar-refractivity contribution in [2.24, 2.45) is 0 Å². The molecule has 0 heterocycles. The first-order valence-electron chi connectivity index (χ1n) is 9.58.